The molecule has 2 heterocycles. The van der Waals surface area contributed by atoms with Crippen LogP contribution in [0, 0.1) is 13.8 Å². The highest BCUT2D eigenvalue weighted by molar-refractivity contribution is 6.01. The standard InChI is InChI=1S/C22H20N2O4/c1-13-3-4-14(2)16(9-13)23-21(25)22(7-8-22)20-11-18(28-24-20)15-5-6-17-19(10-15)27-12-26-17/h3-6,9-11H,7-8,12H2,1-2H3,(H,23,25). The minimum atomic E-state index is -0.617. The molecule has 1 N–H and O–H groups in total. The number of ether oxygens (including phenoxy) is 2. The number of carbonyl (C=O) groups is 1. The Bertz CT molecular complexity index is 1080. The van der Waals surface area contributed by atoms with E-state index in [4.69, 9.17) is 14.0 Å². The number of carbonyl (C=O) groups excluding carboxylic acids is 1. The topological polar surface area (TPSA) is 73.6 Å². The molecule has 1 aliphatic carbocycles. The lowest BCUT2D eigenvalue weighted by Crippen LogP contribution is -2.28. The van der Waals surface area contributed by atoms with Gasteiger partial charge in [-0.05, 0) is 62.1 Å². The number of rotatable bonds is 4. The highest BCUT2D eigenvalue weighted by Gasteiger charge is 2.54. The number of nitrogens with zero attached hydrogens (tertiary/aromatic N) is 1. The maximum atomic E-state index is 13.0. The van der Waals surface area contributed by atoms with Crippen LogP contribution in [-0.4, -0.2) is 17.9 Å². The van der Waals surface area contributed by atoms with Gasteiger partial charge >= 0.3 is 0 Å². The molecule has 2 aromatic carbocycles. The Labute approximate surface area is 162 Å². The number of hydrogen-bond donors (Lipinski definition) is 1. The van der Waals surface area contributed by atoms with Crippen LogP contribution in [-0.2, 0) is 10.2 Å². The van der Waals surface area contributed by atoms with Crippen molar-refractivity contribution in [2.45, 2.75) is 32.1 Å². The summed E-state index contributed by atoms with van der Waals surface area (Å²) < 4.78 is 16.3. The van der Waals surface area contributed by atoms with Crippen molar-refractivity contribution in [1.82, 2.24) is 5.16 Å². The Kier molecular flexibility index (Phi) is 3.69. The molecule has 1 aromatic heterocycles. The number of nitrogens with one attached hydrogen (secondary N) is 1. The molecule has 2 aliphatic rings. The van der Waals surface area contributed by atoms with Crippen molar-refractivity contribution in [2.75, 3.05) is 12.1 Å². The van der Waals surface area contributed by atoms with Gasteiger partial charge in [0.1, 0.15) is 0 Å². The van der Waals surface area contributed by atoms with E-state index in [1.165, 1.54) is 0 Å². The summed E-state index contributed by atoms with van der Waals surface area (Å²) in [5, 5.41) is 7.29. The van der Waals surface area contributed by atoms with Gasteiger partial charge in [-0.2, -0.15) is 0 Å². The largest absolute Gasteiger partial charge is 0.454 e. The Morgan fingerprint density at radius 3 is 2.68 bits per heavy atom. The van der Waals surface area contributed by atoms with Crippen LogP contribution in [0.3, 0.4) is 0 Å². The highest BCUT2D eigenvalue weighted by atomic mass is 16.7. The van der Waals surface area contributed by atoms with Gasteiger partial charge < -0.3 is 19.3 Å². The van der Waals surface area contributed by atoms with E-state index in [1.54, 1.807) is 0 Å². The van der Waals surface area contributed by atoms with Crippen molar-refractivity contribution in [3.8, 4) is 22.8 Å². The summed E-state index contributed by atoms with van der Waals surface area (Å²) >= 11 is 0. The van der Waals surface area contributed by atoms with Crippen molar-refractivity contribution < 1.29 is 18.8 Å². The maximum Gasteiger partial charge on any atom is 0.236 e. The molecule has 6 heteroatoms. The van der Waals surface area contributed by atoms with Gasteiger partial charge in [-0.3, -0.25) is 4.79 Å². The van der Waals surface area contributed by atoms with E-state index in [9.17, 15) is 4.79 Å². The molecule has 142 valence electrons. The van der Waals surface area contributed by atoms with Gasteiger partial charge in [0.25, 0.3) is 0 Å². The molecule has 1 fully saturated rings. The molecule has 1 saturated carbocycles. The lowest BCUT2D eigenvalue weighted by Gasteiger charge is -2.14. The van der Waals surface area contributed by atoms with Crippen LogP contribution >= 0.6 is 0 Å². The molecule has 0 unspecified atom stereocenters. The first-order chi connectivity index (χ1) is 13.5. The normalized spacial score (nSPS) is 16.1. The summed E-state index contributed by atoms with van der Waals surface area (Å²) in [6, 6.07) is 13.5. The Morgan fingerprint density at radius 2 is 1.86 bits per heavy atom. The third kappa shape index (κ3) is 2.72. The van der Waals surface area contributed by atoms with Crippen molar-refractivity contribution >= 4 is 11.6 Å². The van der Waals surface area contributed by atoms with Crippen LogP contribution in [0.1, 0.15) is 29.7 Å². The summed E-state index contributed by atoms with van der Waals surface area (Å²) in [6.07, 6.45) is 1.52. The number of amides is 1. The van der Waals surface area contributed by atoms with Crippen LogP contribution in [0.25, 0.3) is 11.3 Å². The number of aryl methyl sites for hydroxylation is 2. The summed E-state index contributed by atoms with van der Waals surface area (Å²) in [4.78, 5) is 13.0. The van der Waals surface area contributed by atoms with Gasteiger partial charge in [0.05, 0.1) is 11.1 Å². The van der Waals surface area contributed by atoms with E-state index in [1.807, 2.05) is 56.3 Å². The van der Waals surface area contributed by atoms with Crippen LogP contribution in [0.15, 0.2) is 47.0 Å². The molecule has 28 heavy (non-hydrogen) atoms. The molecule has 0 saturated heterocycles. The highest BCUT2D eigenvalue weighted by Crippen LogP contribution is 2.49. The van der Waals surface area contributed by atoms with Crippen molar-refractivity contribution in [3.63, 3.8) is 0 Å². The van der Waals surface area contributed by atoms with E-state index in [2.05, 4.69) is 10.5 Å². The molecule has 0 spiro atoms. The molecular formula is C22H20N2O4. The number of benzene rings is 2. The SMILES string of the molecule is Cc1ccc(C)c(NC(=O)C2(c3cc(-c4ccc5c(c4)OCO5)on3)CC2)c1. The minimum Gasteiger partial charge on any atom is -0.454 e. The van der Waals surface area contributed by atoms with Gasteiger partial charge in [-0.25, -0.2) is 0 Å². The van der Waals surface area contributed by atoms with E-state index in [0.717, 1.165) is 41.0 Å². The predicted molar refractivity (Wildman–Crippen MR) is 104 cm³/mol. The zero-order valence-corrected chi connectivity index (χ0v) is 15.7. The number of anilines is 1. The first kappa shape index (κ1) is 16.9. The van der Waals surface area contributed by atoms with Gasteiger partial charge in [-0.1, -0.05) is 17.3 Å². The number of fused-ring (bicyclic) bond motifs is 1. The fourth-order valence-electron chi connectivity index (χ4n) is 3.52. The Hall–Kier alpha value is -3.28. The molecule has 0 atom stereocenters. The second-order valence-corrected chi connectivity index (χ2v) is 7.50. The van der Waals surface area contributed by atoms with E-state index < -0.39 is 5.41 Å². The molecule has 0 radical (unpaired) electrons. The van der Waals surface area contributed by atoms with E-state index >= 15 is 0 Å². The fraction of sp³-hybridized carbons (Fsp3) is 0.273. The zero-order valence-electron chi connectivity index (χ0n) is 15.7. The lowest BCUT2D eigenvalue weighted by atomic mass is 9.99. The van der Waals surface area contributed by atoms with E-state index in [0.29, 0.717) is 17.2 Å². The summed E-state index contributed by atoms with van der Waals surface area (Å²) in [7, 11) is 0. The van der Waals surface area contributed by atoms with Crippen LogP contribution in [0.5, 0.6) is 11.5 Å². The minimum absolute atomic E-state index is 0.0354. The molecule has 5 rings (SSSR count). The molecule has 1 aliphatic heterocycles. The second-order valence-electron chi connectivity index (χ2n) is 7.50. The van der Waals surface area contributed by atoms with Crippen LogP contribution in [0.2, 0.25) is 0 Å². The molecule has 1 amide bonds. The third-order valence-electron chi connectivity index (χ3n) is 5.48. The molecule has 6 nitrogen and oxygen atoms in total. The first-order valence-electron chi connectivity index (χ1n) is 9.31. The summed E-state index contributed by atoms with van der Waals surface area (Å²) in [5.74, 6) is 1.98. The van der Waals surface area contributed by atoms with Gasteiger partial charge in [0.2, 0.25) is 12.7 Å². The first-order valence-corrected chi connectivity index (χ1v) is 9.31. The summed E-state index contributed by atoms with van der Waals surface area (Å²) in [6.45, 7) is 4.22. The maximum absolute atomic E-state index is 13.0. The van der Waals surface area contributed by atoms with Crippen molar-refractivity contribution in [3.05, 3.63) is 59.3 Å². The monoisotopic (exact) mass is 376 g/mol. The third-order valence-corrected chi connectivity index (χ3v) is 5.48. The Morgan fingerprint density at radius 1 is 1.04 bits per heavy atom. The predicted octanol–water partition coefficient (Wildman–Crippen LogP) is 4.36. The van der Waals surface area contributed by atoms with Crippen LogP contribution < -0.4 is 14.8 Å². The number of hydrogen-bond acceptors (Lipinski definition) is 5. The van der Waals surface area contributed by atoms with Crippen molar-refractivity contribution in [2.24, 2.45) is 0 Å². The quantitative estimate of drug-likeness (QED) is 0.732. The average Bonchev–Trinajstić information content (AvgIpc) is 3.13. The Balaban J connectivity index is 1.40. The zero-order chi connectivity index (χ0) is 19.3. The van der Waals surface area contributed by atoms with Gasteiger partial charge in [0, 0.05) is 17.3 Å². The molecule has 0 bridgehead atoms. The smallest absolute Gasteiger partial charge is 0.236 e. The van der Waals surface area contributed by atoms with Gasteiger partial charge in [-0.15, -0.1) is 0 Å². The van der Waals surface area contributed by atoms with Crippen LogP contribution in [0.4, 0.5) is 5.69 Å². The fourth-order valence-corrected chi connectivity index (χ4v) is 3.52. The second kappa shape index (κ2) is 6.12. The van der Waals surface area contributed by atoms with E-state index in [-0.39, 0.29) is 12.7 Å². The molecular weight excluding hydrogens is 356 g/mol. The number of aromatic nitrogens is 1. The average molecular weight is 376 g/mol. The van der Waals surface area contributed by atoms with Gasteiger partial charge in [0.15, 0.2) is 17.3 Å². The lowest BCUT2D eigenvalue weighted by molar-refractivity contribution is -0.118. The molecule has 3 aromatic rings. The van der Waals surface area contributed by atoms with Crippen molar-refractivity contribution in [1.29, 1.82) is 0 Å². The summed E-state index contributed by atoms with van der Waals surface area (Å²) in [5.41, 5.74) is 3.88.